The molecule has 16 heavy (non-hydrogen) atoms. The van der Waals surface area contributed by atoms with Crippen LogP contribution in [0.25, 0.3) is 0 Å². The Kier molecular flexibility index (Phi) is 3.69. The smallest absolute Gasteiger partial charge is 0.240 e. The Balaban J connectivity index is 2.11. The van der Waals surface area contributed by atoms with Crippen LogP contribution in [0, 0.1) is 0 Å². The lowest BCUT2D eigenvalue weighted by atomic mass is 10.1. The van der Waals surface area contributed by atoms with Crippen LogP contribution in [0.1, 0.15) is 17.3 Å². The standard InChI is InChI=1S/C11H12BrN3O/c1-13-7-11-14-10(15-16-11)6-8-4-2-3-5-9(8)12/h2-5,13H,6-7H2,1H3. The van der Waals surface area contributed by atoms with Gasteiger partial charge in [-0.05, 0) is 18.7 Å². The van der Waals surface area contributed by atoms with E-state index in [2.05, 4.69) is 31.4 Å². The van der Waals surface area contributed by atoms with Gasteiger partial charge in [0.1, 0.15) is 0 Å². The third kappa shape index (κ3) is 2.68. The fourth-order valence-corrected chi connectivity index (χ4v) is 1.82. The molecule has 2 rings (SSSR count). The van der Waals surface area contributed by atoms with Gasteiger partial charge in [-0.15, -0.1) is 0 Å². The maximum absolute atomic E-state index is 5.08. The Morgan fingerprint density at radius 2 is 2.19 bits per heavy atom. The summed E-state index contributed by atoms with van der Waals surface area (Å²) in [6.07, 6.45) is 0.675. The molecule has 0 atom stereocenters. The Bertz CT molecular complexity index is 470. The number of aromatic nitrogens is 2. The second-order valence-corrected chi connectivity index (χ2v) is 4.26. The van der Waals surface area contributed by atoms with Crippen LogP contribution in [0.4, 0.5) is 0 Å². The third-order valence-corrected chi connectivity index (χ3v) is 2.92. The van der Waals surface area contributed by atoms with Gasteiger partial charge in [0.25, 0.3) is 0 Å². The van der Waals surface area contributed by atoms with Crippen molar-refractivity contribution in [3.05, 3.63) is 46.0 Å². The number of hydrogen-bond donors (Lipinski definition) is 1. The fraction of sp³-hybridized carbons (Fsp3) is 0.273. The van der Waals surface area contributed by atoms with Gasteiger partial charge in [-0.25, -0.2) is 0 Å². The average molecular weight is 282 g/mol. The molecule has 0 aliphatic rings. The van der Waals surface area contributed by atoms with Crippen molar-refractivity contribution in [2.45, 2.75) is 13.0 Å². The first-order valence-electron chi connectivity index (χ1n) is 4.99. The van der Waals surface area contributed by atoms with Crippen LogP contribution < -0.4 is 5.32 Å². The Labute approximate surface area is 102 Å². The Morgan fingerprint density at radius 1 is 1.38 bits per heavy atom. The van der Waals surface area contributed by atoms with Crippen LogP contribution in [-0.2, 0) is 13.0 Å². The molecule has 0 fully saturated rings. The van der Waals surface area contributed by atoms with E-state index in [4.69, 9.17) is 4.52 Å². The molecule has 0 spiro atoms. The van der Waals surface area contributed by atoms with E-state index in [9.17, 15) is 0 Å². The summed E-state index contributed by atoms with van der Waals surface area (Å²) >= 11 is 3.49. The fourth-order valence-electron chi connectivity index (χ4n) is 1.40. The summed E-state index contributed by atoms with van der Waals surface area (Å²) in [5.74, 6) is 1.32. The van der Waals surface area contributed by atoms with Gasteiger partial charge in [0.2, 0.25) is 5.89 Å². The number of rotatable bonds is 4. The molecule has 0 saturated heterocycles. The SMILES string of the molecule is CNCc1nc(Cc2ccccc2Br)no1. The van der Waals surface area contributed by atoms with E-state index in [1.165, 1.54) is 0 Å². The normalized spacial score (nSPS) is 10.6. The van der Waals surface area contributed by atoms with Crippen molar-refractivity contribution in [3.8, 4) is 0 Å². The summed E-state index contributed by atoms with van der Waals surface area (Å²) in [4.78, 5) is 4.28. The van der Waals surface area contributed by atoms with Crippen molar-refractivity contribution in [3.63, 3.8) is 0 Å². The van der Waals surface area contributed by atoms with Gasteiger partial charge in [0.15, 0.2) is 5.82 Å². The molecule has 0 radical (unpaired) electrons. The molecule has 0 aliphatic carbocycles. The van der Waals surface area contributed by atoms with Crippen molar-refractivity contribution in [1.82, 2.24) is 15.5 Å². The molecule has 1 N–H and O–H groups in total. The molecule has 0 unspecified atom stereocenters. The van der Waals surface area contributed by atoms with Crippen molar-refractivity contribution >= 4 is 15.9 Å². The summed E-state index contributed by atoms with van der Waals surface area (Å²) in [6.45, 7) is 0.600. The first kappa shape index (κ1) is 11.3. The molecule has 0 bridgehead atoms. The van der Waals surface area contributed by atoms with Gasteiger partial charge in [-0.3, -0.25) is 0 Å². The lowest BCUT2D eigenvalue weighted by Crippen LogP contribution is -2.05. The van der Waals surface area contributed by atoms with E-state index >= 15 is 0 Å². The molecule has 1 aromatic carbocycles. The molecule has 2 aromatic rings. The van der Waals surface area contributed by atoms with Crippen LogP contribution in [0.5, 0.6) is 0 Å². The van der Waals surface area contributed by atoms with Gasteiger partial charge in [-0.2, -0.15) is 4.98 Å². The van der Waals surface area contributed by atoms with Gasteiger partial charge < -0.3 is 9.84 Å². The molecular formula is C11H12BrN3O. The zero-order valence-electron chi connectivity index (χ0n) is 8.90. The van der Waals surface area contributed by atoms with Crippen LogP contribution in [0.2, 0.25) is 0 Å². The third-order valence-electron chi connectivity index (χ3n) is 2.14. The monoisotopic (exact) mass is 281 g/mol. The number of benzene rings is 1. The zero-order valence-corrected chi connectivity index (χ0v) is 10.5. The molecule has 1 aromatic heterocycles. The molecule has 4 nitrogen and oxygen atoms in total. The molecule has 0 aliphatic heterocycles. The summed E-state index contributed by atoms with van der Waals surface area (Å²) in [5, 5.41) is 6.89. The molecule has 84 valence electrons. The Hall–Kier alpha value is -1.20. The maximum Gasteiger partial charge on any atom is 0.240 e. The van der Waals surface area contributed by atoms with E-state index < -0.39 is 0 Å². The van der Waals surface area contributed by atoms with E-state index in [-0.39, 0.29) is 0 Å². The molecule has 0 saturated carbocycles. The topological polar surface area (TPSA) is 51.0 Å². The molecule has 0 amide bonds. The van der Waals surface area contributed by atoms with Crippen molar-refractivity contribution in [1.29, 1.82) is 0 Å². The molecule has 5 heteroatoms. The summed E-state index contributed by atoms with van der Waals surface area (Å²) < 4.78 is 6.14. The lowest BCUT2D eigenvalue weighted by molar-refractivity contribution is 0.367. The van der Waals surface area contributed by atoms with E-state index in [0.717, 1.165) is 10.0 Å². The molecular weight excluding hydrogens is 270 g/mol. The highest BCUT2D eigenvalue weighted by Gasteiger charge is 2.07. The van der Waals surface area contributed by atoms with Gasteiger partial charge >= 0.3 is 0 Å². The number of nitrogens with zero attached hydrogens (tertiary/aromatic N) is 2. The number of hydrogen-bond acceptors (Lipinski definition) is 4. The minimum atomic E-state index is 0.600. The van der Waals surface area contributed by atoms with E-state index in [1.807, 2.05) is 31.3 Å². The maximum atomic E-state index is 5.08. The van der Waals surface area contributed by atoms with Gasteiger partial charge in [-0.1, -0.05) is 39.3 Å². The predicted molar refractivity (Wildman–Crippen MR) is 64.0 cm³/mol. The number of nitrogens with one attached hydrogen (secondary N) is 1. The van der Waals surface area contributed by atoms with Crippen molar-refractivity contribution in [2.24, 2.45) is 0 Å². The quantitative estimate of drug-likeness (QED) is 0.933. The highest BCUT2D eigenvalue weighted by Crippen LogP contribution is 2.18. The second kappa shape index (κ2) is 5.23. The highest BCUT2D eigenvalue weighted by atomic mass is 79.9. The molecule has 1 heterocycles. The van der Waals surface area contributed by atoms with Crippen LogP contribution >= 0.6 is 15.9 Å². The minimum Gasteiger partial charge on any atom is -0.338 e. The zero-order chi connectivity index (χ0) is 11.4. The first-order chi connectivity index (χ1) is 7.79. The van der Waals surface area contributed by atoms with E-state index in [0.29, 0.717) is 24.7 Å². The number of halogens is 1. The average Bonchev–Trinajstić information content (AvgIpc) is 2.70. The van der Waals surface area contributed by atoms with Crippen LogP contribution in [0.15, 0.2) is 33.3 Å². The minimum absolute atomic E-state index is 0.600. The first-order valence-corrected chi connectivity index (χ1v) is 5.78. The second-order valence-electron chi connectivity index (χ2n) is 3.40. The summed E-state index contributed by atoms with van der Waals surface area (Å²) in [7, 11) is 1.84. The Morgan fingerprint density at radius 3 is 2.94 bits per heavy atom. The lowest BCUT2D eigenvalue weighted by Gasteiger charge is -1.99. The van der Waals surface area contributed by atoms with E-state index in [1.54, 1.807) is 0 Å². The van der Waals surface area contributed by atoms with Gasteiger partial charge in [0.05, 0.1) is 6.54 Å². The summed E-state index contributed by atoms with van der Waals surface area (Å²) in [5.41, 5.74) is 1.15. The largest absolute Gasteiger partial charge is 0.338 e. The van der Waals surface area contributed by atoms with Gasteiger partial charge in [0, 0.05) is 10.9 Å². The highest BCUT2D eigenvalue weighted by molar-refractivity contribution is 9.10. The van der Waals surface area contributed by atoms with Crippen LogP contribution in [0.3, 0.4) is 0 Å². The predicted octanol–water partition coefficient (Wildman–Crippen LogP) is 2.14. The van der Waals surface area contributed by atoms with Crippen molar-refractivity contribution < 1.29 is 4.52 Å². The van der Waals surface area contributed by atoms with Crippen LogP contribution in [-0.4, -0.2) is 17.2 Å². The summed E-state index contributed by atoms with van der Waals surface area (Å²) in [6, 6.07) is 8.02. The van der Waals surface area contributed by atoms with Crippen molar-refractivity contribution in [2.75, 3.05) is 7.05 Å².